The van der Waals surface area contributed by atoms with E-state index < -0.39 is 5.54 Å². The molecule has 0 aromatic heterocycles. The summed E-state index contributed by atoms with van der Waals surface area (Å²) in [5, 5.41) is 2.92. The second-order valence-corrected chi connectivity index (χ2v) is 8.11. The molecule has 1 saturated heterocycles. The molecule has 146 valence electrons. The molecule has 0 unspecified atom stereocenters. The lowest BCUT2D eigenvalue weighted by molar-refractivity contribution is -0.125. The Labute approximate surface area is 160 Å². The van der Waals surface area contributed by atoms with Crippen molar-refractivity contribution < 1.29 is 14.3 Å². The SMILES string of the molecule is C[C@H](Cc1ccc2c(c1)OCO2)CN1CCC2(CC1)N=C(N(C)C)NC2=O. The first-order chi connectivity index (χ1) is 12.9. The number of guanidine groups is 1. The largest absolute Gasteiger partial charge is 0.454 e. The van der Waals surface area contributed by atoms with Crippen LogP contribution in [0.25, 0.3) is 0 Å². The van der Waals surface area contributed by atoms with Gasteiger partial charge < -0.3 is 19.3 Å². The highest BCUT2D eigenvalue weighted by Gasteiger charge is 2.46. The number of aliphatic imine (C=N–C) groups is 1. The zero-order valence-electron chi connectivity index (χ0n) is 16.3. The van der Waals surface area contributed by atoms with E-state index in [4.69, 9.17) is 14.5 Å². The molecule has 1 N–H and O–H groups in total. The average molecular weight is 372 g/mol. The highest BCUT2D eigenvalue weighted by atomic mass is 16.7. The van der Waals surface area contributed by atoms with Gasteiger partial charge in [0.15, 0.2) is 11.5 Å². The van der Waals surface area contributed by atoms with E-state index in [-0.39, 0.29) is 5.91 Å². The topological polar surface area (TPSA) is 66.4 Å². The minimum atomic E-state index is -0.559. The molecule has 3 aliphatic rings. The van der Waals surface area contributed by atoms with E-state index in [0.717, 1.165) is 50.4 Å². The number of carbonyl (C=O) groups excluding carboxylic acids is 1. The molecule has 1 aromatic rings. The van der Waals surface area contributed by atoms with Gasteiger partial charge in [0, 0.05) is 33.7 Å². The lowest BCUT2D eigenvalue weighted by atomic mass is 9.87. The van der Waals surface area contributed by atoms with Crippen LogP contribution >= 0.6 is 0 Å². The minimum Gasteiger partial charge on any atom is -0.454 e. The molecule has 0 bridgehead atoms. The van der Waals surface area contributed by atoms with Crippen LogP contribution in [0, 0.1) is 5.92 Å². The third-order valence-electron chi connectivity index (χ3n) is 5.67. The number of amides is 1. The number of ether oxygens (including phenoxy) is 2. The van der Waals surface area contributed by atoms with E-state index in [1.54, 1.807) is 0 Å². The number of hydrogen-bond donors (Lipinski definition) is 1. The van der Waals surface area contributed by atoms with Gasteiger partial charge in [0.1, 0.15) is 5.54 Å². The Morgan fingerprint density at radius 1 is 1.26 bits per heavy atom. The van der Waals surface area contributed by atoms with Crippen LogP contribution in [-0.2, 0) is 11.2 Å². The van der Waals surface area contributed by atoms with Gasteiger partial charge in [-0.2, -0.15) is 0 Å². The maximum atomic E-state index is 12.4. The Hall–Kier alpha value is -2.28. The first-order valence-corrected chi connectivity index (χ1v) is 9.65. The summed E-state index contributed by atoms with van der Waals surface area (Å²) in [7, 11) is 3.82. The maximum absolute atomic E-state index is 12.4. The van der Waals surface area contributed by atoms with Crippen molar-refractivity contribution in [2.24, 2.45) is 10.9 Å². The fourth-order valence-electron chi connectivity index (χ4n) is 4.13. The van der Waals surface area contributed by atoms with Crippen molar-refractivity contribution in [2.45, 2.75) is 31.7 Å². The monoisotopic (exact) mass is 372 g/mol. The smallest absolute Gasteiger partial charge is 0.254 e. The first kappa shape index (κ1) is 18.1. The van der Waals surface area contributed by atoms with Crippen molar-refractivity contribution in [3.05, 3.63) is 23.8 Å². The summed E-state index contributed by atoms with van der Waals surface area (Å²) in [4.78, 5) is 21.5. The Kier molecular flexibility index (Phi) is 4.72. The molecular formula is C20H28N4O3. The quantitative estimate of drug-likeness (QED) is 0.867. The normalized spacial score (nSPS) is 21.9. The third-order valence-corrected chi connectivity index (χ3v) is 5.67. The Bertz CT molecular complexity index is 754. The number of fused-ring (bicyclic) bond motifs is 1. The zero-order chi connectivity index (χ0) is 19.0. The fraction of sp³-hybridized carbons (Fsp3) is 0.600. The van der Waals surface area contributed by atoms with Gasteiger partial charge in [0.2, 0.25) is 12.8 Å². The molecule has 1 spiro atoms. The molecule has 3 aliphatic heterocycles. The number of benzene rings is 1. The van der Waals surface area contributed by atoms with Gasteiger partial charge in [0.05, 0.1) is 0 Å². The standard InChI is InChI=1S/C20H28N4O3/c1-14(10-15-4-5-16-17(11-15)27-13-26-16)12-24-8-6-20(7-9-24)18(25)21-19(22-20)23(2)3/h4-5,11,14H,6-10,12-13H2,1-3H3,(H,21,22,25)/t14-/m1/s1. The van der Waals surface area contributed by atoms with Gasteiger partial charge >= 0.3 is 0 Å². The van der Waals surface area contributed by atoms with E-state index >= 15 is 0 Å². The van der Waals surface area contributed by atoms with Crippen molar-refractivity contribution in [1.29, 1.82) is 0 Å². The van der Waals surface area contributed by atoms with E-state index in [0.29, 0.717) is 18.7 Å². The van der Waals surface area contributed by atoms with Gasteiger partial charge in [-0.1, -0.05) is 13.0 Å². The second-order valence-electron chi connectivity index (χ2n) is 8.11. The number of rotatable bonds is 4. The van der Waals surface area contributed by atoms with Crippen LogP contribution in [0.5, 0.6) is 11.5 Å². The van der Waals surface area contributed by atoms with Gasteiger partial charge in [-0.3, -0.25) is 10.1 Å². The molecule has 1 aromatic carbocycles. The van der Waals surface area contributed by atoms with Crippen molar-refractivity contribution in [3.8, 4) is 11.5 Å². The number of likely N-dealkylation sites (tertiary alicyclic amines) is 1. The first-order valence-electron chi connectivity index (χ1n) is 9.65. The number of carbonyl (C=O) groups is 1. The lowest BCUT2D eigenvalue weighted by Gasteiger charge is -2.36. The summed E-state index contributed by atoms with van der Waals surface area (Å²) in [6, 6.07) is 6.20. The van der Waals surface area contributed by atoms with Gasteiger partial charge in [0.25, 0.3) is 5.91 Å². The summed E-state index contributed by atoms with van der Waals surface area (Å²) >= 11 is 0. The Morgan fingerprint density at radius 2 is 2.00 bits per heavy atom. The molecule has 7 heteroatoms. The molecule has 1 amide bonds. The van der Waals surface area contributed by atoms with Crippen molar-refractivity contribution in [1.82, 2.24) is 15.1 Å². The molecule has 4 rings (SSSR count). The van der Waals surface area contributed by atoms with E-state index in [9.17, 15) is 4.79 Å². The van der Waals surface area contributed by atoms with Crippen LogP contribution in [-0.4, -0.2) is 67.7 Å². The summed E-state index contributed by atoms with van der Waals surface area (Å²) in [6.45, 7) is 5.43. The lowest BCUT2D eigenvalue weighted by Crippen LogP contribution is -2.50. The van der Waals surface area contributed by atoms with Crippen LogP contribution in [0.15, 0.2) is 23.2 Å². The number of hydrogen-bond acceptors (Lipinski definition) is 6. The van der Waals surface area contributed by atoms with E-state index in [1.807, 2.05) is 25.1 Å². The predicted octanol–water partition coefficient (Wildman–Crippen LogP) is 1.48. The van der Waals surface area contributed by atoms with Crippen molar-refractivity contribution >= 4 is 11.9 Å². The molecule has 1 fully saturated rings. The minimum absolute atomic E-state index is 0.0549. The van der Waals surface area contributed by atoms with Crippen LogP contribution in [0.1, 0.15) is 25.3 Å². The van der Waals surface area contributed by atoms with Crippen LogP contribution in [0.2, 0.25) is 0 Å². The number of nitrogens with zero attached hydrogens (tertiary/aromatic N) is 3. The van der Waals surface area contributed by atoms with E-state index in [1.165, 1.54) is 5.56 Å². The van der Waals surface area contributed by atoms with Gasteiger partial charge in [-0.25, -0.2) is 4.99 Å². The zero-order valence-corrected chi connectivity index (χ0v) is 16.3. The molecule has 0 saturated carbocycles. The highest BCUT2D eigenvalue weighted by molar-refractivity contribution is 6.07. The molecule has 0 aliphatic carbocycles. The number of nitrogens with one attached hydrogen (secondary N) is 1. The summed E-state index contributed by atoms with van der Waals surface area (Å²) in [5.74, 6) is 2.95. The molecule has 1 atom stereocenters. The summed E-state index contributed by atoms with van der Waals surface area (Å²) in [5.41, 5.74) is 0.715. The third kappa shape index (κ3) is 3.60. The van der Waals surface area contributed by atoms with Crippen LogP contribution < -0.4 is 14.8 Å². The fourth-order valence-corrected chi connectivity index (χ4v) is 4.13. The highest BCUT2D eigenvalue weighted by Crippen LogP contribution is 2.34. The molecule has 3 heterocycles. The second kappa shape index (κ2) is 7.03. The van der Waals surface area contributed by atoms with Crippen LogP contribution in [0.4, 0.5) is 0 Å². The van der Waals surface area contributed by atoms with Gasteiger partial charge in [-0.15, -0.1) is 0 Å². The number of piperidine rings is 1. The van der Waals surface area contributed by atoms with E-state index in [2.05, 4.69) is 29.3 Å². The predicted molar refractivity (Wildman–Crippen MR) is 103 cm³/mol. The maximum Gasteiger partial charge on any atom is 0.254 e. The molecular weight excluding hydrogens is 344 g/mol. The van der Waals surface area contributed by atoms with Crippen LogP contribution in [0.3, 0.4) is 0 Å². The molecule has 7 nitrogen and oxygen atoms in total. The van der Waals surface area contributed by atoms with Crippen molar-refractivity contribution in [2.75, 3.05) is 40.5 Å². The molecule has 0 radical (unpaired) electrons. The van der Waals surface area contributed by atoms with Crippen molar-refractivity contribution in [3.63, 3.8) is 0 Å². The van der Waals surface area contributed by atoms with Gasteiger partial charge in [-0.05, 0) is 42.9 Å². The summed E-state index contributed by atoms with van der Waals surface area (Å²) < 4.78 is 10.9. The molecule has 27 heavy (non-hydrogen) atoms. The average Bonchev–Trinajstić information content (AvgIpc) is 3.22. The summed E-state index contributed by atoms with van der Waals surface area (Å²) in [6.07, 6.45) is 2.57. The Morgan fingerprint density at radius 3 is 2.70 bits per heavy atom. The Balaban J connectivity index is 1.31.